The molecule has 0 saturated carbocycles. The van der Waals surface area contributed by atoms with E-state index in [9.17, 15) is 4.39 Å². The number of rotatable bonds is 9. The summed E-state index contributed by atoms with van der Waals surface area (Å²) < 4.78 is 29.2. The fourth-order valence-electron chi connectivity index (χ4n) is 1.89. The van der Waals surface area contributed by atoms with Crippen molar-refractivity contribution >= 4 is 0 Å². The number of hydrogen-bond donors (Lipinski definition) is 0. The van der Waals surface area contributed by atoms with Crippen molar-refractivity contribution in [2.75, 3.05) is 26.5 Å². The van der Waals surface area contributed by atoms with Gasteiger partial charge in [0.05, 0.1) is 26.5 Å². The minimum absolute atomic E-state index is 0.331. The molecule has 0 aromatic heterocycles. The van der Waals surface area contributed by atoms with E-state index in [0.29, 0.717) is 49.9 Å². The van der Waals surface area contributed by atoms with E-state index in [-0.39, 0.29) is 6.67 Å². The Kier molecular flexibility index (Phi) is 7.08. The van der Waals surface area contributed by atoms with E-state index in [4.69, 9.17) is 14.2 Å². The fraction of sp³-hybridized carbons (Fsp3) is 0.600. The molecule has 3 nitrogen and oxygen atoms in total. The topological polar surface area (TPSA) is 27.7 Å². The fourth-order valence-corrected chi connectivity index (χ4v) is 1.89. The van der Waals surface area contributed by atoms with Crippen LogP contribution in [0.4, 0.5) is 4.39 Å². The molecule has 0 radical (unpaired) electrons. The molecule has 0 aliphatic rings. The maximum absolute atomic E-state index is 12.3. The van der Waals surface area contributed by atoms with Gasteiger partial charge < -0.3 is 14.2 Å². The standard InChI is InChI=1S/C15H23FO3/c1-4-17-13-10-9-12(8-7-11-16)14(18-5-2)15(13)19-6-3/h9-10H,4-8,11H2,1-3H3. The molecule has 108 valence electrons. The van der Waals surface area contributed by atoms with Crippen molar-refractivity contribution in [3.63, 3.8) is 0 Å². The summed E-state index contributed by atoms with van der Waals surface area (Å²) in [6.07, 6.45) is 1.12. The highest BCUT2D eigenvalue weighted by Crippen LogP contribution is 2.41. The van der Waals surface area contributed by atoms with Gasteiger partial charge in [-0.25, -0.2) is 0 Å². The van der Waals surface area contributed by atoms with E-state index in [2.05, 4.69) is 0 Å². The zero-order valence-electron chi connectivity index (χ0n) is 12.0. The lowest BCUT2D eigenvalue weighted by molar-refractivity contribution is 0.259. The molecule has 1 aromatic carbocycles. The summed E-state index contributed by atoms with van der Waals surface area (Å²) in [5.41, 5.74) is 0.964. The van der Waals surface area contributed by atoms with Crippen LogP contribution in [-0.2, 0) is 6.42 Å². The van der Waals surface area contributed by atoms with Gasteiger partial charge in [0.2, 0.25) is 5.75 Å². The molecular formula is C15H23FO3. The Morgan fingerprint density at radius 1 is 0.895 bits per heavy atom. The molecule has 0 saturated heterocycles. The first-order valence-electron chi connectivity index (χ1n) is 6.88. The highest BCUT2D eigenvalue weighted by atomic mass is 19.1. The lowest BCUT2D eigenvalue weighted by atomic mass is 10.1. The summed E-state index contributed by atoms with van der Waals surface area (Å²) in [5, 5.41) is 0. The van der Waals surface area contributed by atoms with Gasteiger partial charge in [0, 0.05) is 0 Å². The second kappa shape index (κ2) is 8.62. The highest BCUT2D eigenvalue weighted by molar-refractivity contribution is 5.56. The summed E-state index contributed by atoms with van der Waals surface area (Å²) in [7, 11) is 0. The zero-order chi connectivity index (χ0) is 14.1. The summed E-state index contributed by atoms with van der Waals surface area (Å²) in [6, 6.07) is 3.79. The number of benzene rings is 1. The number of hydrogen-bond acceptors (Lipinski definition) is 3. The van der Waals surface area contributed by atoms with Crippen molar-refractivity contribution in [3.8, 4) is 17.2 Å². The van der Waals surface area contributed by atoms with E-state index in [1.807, 2.05) is 32.9 Å². The van der Waals surface area contributed by atoms with E-state index in [1.54, 1.807) is 0 Å². The predicted octanol–water partition coefficient (Wildman–Crippen LogP) is 3.78. The molecular weight excluding hydrogens is 247 g/mol. The summed E-state index contributed by atoms with van der Waals surface area (Å²) in [6.45, 7) is 7.07. The molecule has 0 unspecified atom stereocenters. The smallest absolute Gasteiger partial charge is 0.203 e. The average molecular weight is 270 g/mol. The maximum atomic E-state index is 12.3. The zero-order valence-corrected chi connectivity index (χ0v) is 12.0. The van der Waals surface area contributed by atoms with E-state index < -0.39 is 0 Å². The lowest BCUT2D eigenvalue weighted by Crippen LogP contribution is -2.05. The Morgan fingerprint density at radius 3 is 2.11 bits per heavy atom. The molecule has 0 heterocycles. The van der Waals surface area contributed by atoms with Crippen LogP contribution in [0, 0.1) is 0 Å². The third-order valence-corrected chi connectivity index (χ3v) is 2.61. The average Bonchev–Trinajstić information content (AvgIpc) is 2.42. The Morgan fingerprint density at radius 2 is 1.53 bits per heavy atom. The molecule has 19 heavy (non-hydrogen) atoms. The molecule has 0 spiro atoms. The van der Waals surface area contributed by atoms with Gasteiger partial charge in [0.1, 0.15) is 0 Å². The Hall–Kier alpha value is -1.45. The van der Waals surface area contributed by atoms with Gasteiger partial charge in [-0.3, -0.25) is 4.39 Å². The molecule has 0 atom stereocenters. The van der Waals surface area contributed by atoms with Crippen molar-refractivity contribution < 1.29 is 18.6 Å². The maximum Gasteiger partial charge on any atom is 0.203 e. The van der Waals surface area contributed by atoms with Crippen LogP contribution >= 0.6 is 0 Å². The minimum atomic E-state index is -0.331. The van der Waals surface area contributed by atoms with Crippen LogP contribution in [-0.4, -0.2) is 26.5 Å². The Labute approximate surface area is 114 Å². The number of ether oxygens (including phenoxy) is 3. The lowest BCUT2D eigenvalue weighted by Gasteiger charge is -2.18. The summed E-state index contributed by atoms with van der Waals surface area (Å²) >= 11 is 0. The molecule has 0 bridgehead atoms. The van der Waals surface area contributed by atoms with Gasteiger partial charge in [-0.15, -0.1) is 0 Å². The molecule has 0 N–H and O–H groups in total. The normalized spacial score (nSPS) is 10.3. The van der Waals surface area contributed by atoms with Crippen LogP contribution in [0.15, 0.2) is 12.1 Å². The Balaban J connectivity index is 3.14. The van der Waals surface area contributed by atoms with Gasteiger partial charge in [0.15, 0.2) is 11.5 Å². The third-order valence-electron chi connectivity index (χ3n) is 2.61. The molecule has 0 fully saturated rings. The third kappa shape index (κ3) is 4.30. The SMILES string of the molecule is CCOc1ccc(CCCF)c(OCC)c1OCC. The van der Waals surface area contributed by atoms with Crippen LogP contribution in [0.3, 0.4) is 0 Å². The first kappa shape index (κ1) is 15.6. The van der Waals surface area contributed by atoms with Crippen LogP contribution in [0.25, 0.3) is 0 Å². The quantitative estimate of drug-likeness (QED) is 0.683. The van der Waals surface area contributed by atoms with Crippen molar-refractivity contribution in [1.82, 2.24) is 0 Å². The largest absolute Gasteiger partial charge is 0.490 e. The summed E-state index contributed by atoms with van der Waals surface area (Å²) in [4.78, 5) is 0. The number of alkyl halides is 1. The van der Waals surface area contributed by atoms with Gasteiger partial charge in [0.25, 0.3) is 0 Å². The van der Waals surface area contributed by atoms with Crippen LogP contribution in [0.2, 0.25) is 0 Å². The molecule has 1 aromatic rings. The van der Waals surface area contributed by atoms with E-state index in [0.717, 1.165) is 5.56 Å². The molecule has 0 amide bonds. The van der Waals surface area contributed by atoms with Crippen molar-refractivity contribution in [2.24, 2.45) is 0 Å². The van der Waals surface area contributed by atoms with Crippen LogP contribution in [0.5, 0.6) is 17.2 Å². The second-order valence-electron chi connectivity index (χ2n) is 3.97. The summed E-state index contributed by atoms with van der Waals surface area (Å²) in [5.74, 6) is 1.99. The predicted molar refractivity (Wildman–Crippen MR) is 74.2 cm³/mol. The monoisotopic (exact) mass is 270 g/mol. The highest BCUT2D eigenvalue weighted by Gasteiger charge is 2.16. The van der Waals surface area contributed by atoms with Crippen LogP contribution < -0.4 is 14.2 Å². The minimum Gasteiger partial charge on any atom is -0.490 e. The van der Waals surface area contributed by atoms with Gasteiger partial charge in [-0.05, 0) is 45.2 Å². The van der Waals surface area contributed by atoms with Gasteiger partial charge >= 0.3 is 0 Å². The van der Waals surface area contributed by atoms with E-state index >= 15 is 0 Å². The van der Waals surface area contributed by atoms with E-state index in [1.165, 1.54) is 0 Å². The van der Waals surface area contributed by atoms with Gasteiger partial charge in [-0.2, -0.15) is 0 Å². The first-order valence-corrected chi connectivity index (χ1v) is 6.88. The van der Waals surface area contributed by atoms with Crippen LogP contribution in [0.1, 0.15) is 32.8 Å². The van der Waals surface area contributed by atoms with Gasteiger partial charge in [-0.1, -0.05) is 6.07 Å². The number of aryl methyl sites for hydroxylation is 1. The van der Waals surface area contributed by atoms with Crippen molar-refractivity contribution in [2.45, 2.75) is 33.6 Å². The number of halogens is 1. The molecule has 0 aliphatic heterocycles. The Bertz CT molecular complexity index is 380. The molecule has 0 aliphatic carbocycles. The van der Waals surface area contributed by atoms with Crippen molar-refractivity contribution in [1.29, 1.82) is 0 Å². The molecule has 1 rings (SSSR count). The first-order chi connectivity index (χ1) is 9.28. The second-order valence-corrected chi connectivity index (χ2v) is 3.97. The van der Waals surface area contributed by atoms with Crippen molar-refractivity contribution in [3.05, 3.63) is 17.7 Å². The molecule has 4 heteroatoms.